The number of anilines is 1. The van der Waals surface area contributed by atoms with Gasteiger partial charge in [0.1, 0.15) is 5.82 Å². The van der Waals surface area contributed by atoms with Crippen molar-refractivity contribution in [2.24, 2.45) is 5.92 Å². The van der Waals surface area contributed by atoms with Gasteiger partial charge in [-0.05, 0) is 24.5 Å². The molecule has 1 aromatic heterocycles. The van der Waals surface area contributed by atoms with Crippen LogP contribution >= 0.6 is 0 Å². The van der Waals surface area contributed by atoms with E-state index in [1.165, 1.54) is 31.2 Å². The Morgan fingerprint density at radius 3 is 2.83 bits per heavy atom. The number of rotatable bonds is 4. The molecule has 0 radical (unpaired) electrons. The van der Waals surface area contributed by atoms with Crippen LogP contribution in [0.3, 0.4) is 0 Å². The van der Waals surface area contributed by atoms with Crippen molar-refractivity contribution >= 4 is 21.7 Å². The van der Waals surface area contributed by atoms with Crippen molar-refractivity contribution in [2.75, 3.05) is 31.3 Å². The van der Waals surface area contributed by atoms with Gasteiger partial charge in [0.2, 0.25) is 0 Å². The average molecular weight is 339 g/mol. The van der Waals surface area contributed by atoms with Gasteiger partial charge >= 0.3 is 6.03 Å². The maximum atomic E-state index is 12.5. The maximum Gasteiger partial charge on any atom is 0.323 e. The maximum absolute atomic E-state index is 12.5. The number of carbonyl (C=O) groups is 1. The third-order valence-electron chi connectivity index (χ3n) is 4.19. The Hall–Kier alpha value is -1.67. The summed E-state index contributed by atoms with van der Waals surface area (Å²) in [7, 11) is -3.29. The minimum Gasteiger partial charge on any atom is -0.377 e. The predicted molar refractivity (Wildman–Crippen MR) is 85.0 cm³/mol. The highest BCUT2D eigenvalue weighted by molar-refractivity contribution is 7.90. The molecule has 2 aliphatic rings. The van der Waals surface area contributed by atoms with Crippen LogP contribution in [0.4, 0.5) is 10.6 Å². The molecule has 1 unspecified atom stereocenters. The lowest BCUT2D eigenvalue weighted by Crippen LogP contribution is -2.50. The summed E-state index contributed by atoms with van der Waals surface area (Å²) in [6, 6.07) is 2.84. The summed E-state index contributed by atoms with van der Waals surface area (Å²) in [6.45, 7) is 1.67. The van der Waals surface area contributed by atoms with Gasteiger partial charge in [0.05, 0.1) is 24.2 Å². The number of ether oxygens (including phenoxy) is 1. The molecule has 1 saturated heterocycles. The van der Waals surface area contributed by atoms with Crippen LogP contribution < -0.4 is 5.32 Å². The van der Waals surface area contributed by atoms with Crippen molar-refractivity contribution in [3.05, 3.63) is 18.3 Å². The fourth-order valence-corrected chi connectivity index (χ4v) is 3.27. The van der Waals surface area contributed by atoms with E-state index in [1.807, 2.05) is 0 Å². The zero-order chi connectivity index (χ0) is 16.4. The SMILES string of the molecule is CS(=O)(=O)c1ccc(NC(=O)N2CCOCC2CC2CC2)nc1. The van der Waals surface area contributed by atoms with Gasteiger partial charge in [-0.3, -0.25) is 5.32 Å². The molecule has 1 aromatic rings. The molecule has 2 amide bonds. The van der Waals surface area contributed by atoms with E-state index in [0.29, 0.717) is 31.5 Å². The number of urea groups is 1. The lowest BCUT2D eigenvalue weighted by atomic mass is 10.1. The van der Waals surface area contributed by atoms with Gasteiger partial charge in [-0.2, -0.15) is 0 Å². The largest absolute Gasteiger partial charge is 0.377 e. The molecular weight excluding hydrogens is 318 g/mol. The van der Waals surface area contributed by atoms with Crippen LogP contribution in [0, 0.1) is 5.92 Å². The van der Waals surface area contributed by atoms with Gasteiger partial charge in [0, 0.05) is 19.0 Å². The van der Waals surface area contributed by atoms with E-state index in [4.69, 9.17) is 4.74 Å². The fraction of sp³-hybridized carbons (Fsp3) is 0.600. The van der Waals surface area contributed by atoms with Gasteiger partial charge < -0.3 is 9.64 Å². The highest BCUT2D eigenvalue weighted by Gasteiger charge is 2.33. The molecule has 8 heteroatoms. The minimum atomic E-state index is -3.29. The number of morpholine rings is 1. The van der Waals surface area contributed by atoms with Crippen molar-refractivity contribution in [3.63, 3.8) is 0 Å². The molecule has 1 N–H and O–H groups in total. The van der Waals surface area contributed by atoms with Gasteiger partial charge in [-0.15, -0.1) is 0 Å². The summed E-state index contributed by atoms with van der Waals surface area (Å²) in [5.41, 5.74) is 0. The van der Waals surface area contributed by atoms with Crippen LogP contribution in [-0.4, -0.2) is 56.4 Å². The van der Waals surface area contributed by atoms with Crippen LogP contribution in [0.15, 0.2) is 23.2 Å². The molecule has 1 aliphatic heterocycles. The second kappa shape index (κ2) is 6.45. The van der Waals surface area contributed by atoms with E-state index in [-0.39, 0.29) is 17.0 Å². The number of amides is 2. The Labute approximate surface area is 135 Å². The molecule has 126 valence electrons. The molecule has 1 aliphatic carbocycles. The van der Waals surface area contributed by atoms with Crippen molar-refractivity contribution in [1.29, 1.82) is 0 Å². The van der Waals surface area contributed by atoms with Gasteiger partial charge in [0.15, 0.2) is 9.84 Å². The first kappa shape index (κ1) is 16.2. The summed E-state index contributed by atoms with van der Waals surface area (Å²) in [5, 5.41) is 2.74. The number of hydrogen-bond donors (Lipinski definition) is 1. The van der Waals surface area contributed by atoms with E-state index in [1.54, 1.807) is 4.90 Å². The van der Waals surface area contributed by atoms with Gasteiger partial charge in [-0.1, -0.05) is 12.8 Å². The van der Waals surface area contributed by atoms with Crippen molar-refractivity contribution in [3.8, 4) is 0 Å². The number of nitrogens with one attached hydrogen (secondary N) is 1. The highest BCUT2D eigenvalue weighted by atomic mass is 32.2. The van der Waals surface area contributed by atoms with Crippen LogP contribution in [0.2, 0.25) is 0 Å². The van der Waals surface area contributed by atoms with E-state index in [9.17, 15) is 13.2 Å². The smallest absolute Gasteiger partial charge is 0.323 e. The molecule has 2 heterocycles. The van der Waals surface area contributed by atoms with Crippen LogP contribution in [0.25, 0.3) is 0 Å². The minimum absolute atomic E-state index is 0.103. The Balaban J connectivity index is 1.64. The van der Waals surface area contributed by atoms with Crippen LogP contribution in [0.1, 0.15) is 19.3 Å². The topological polar surface area (TPSA) is 88.6 Å². The molecule has 1 saturated carbocycles. The summed E-state index contributed by atoms with van der Waals surface area (Å²) >= 11 is 0. The summed E-state index contributed by atoms with van der Waals surface area (Å²) in [4.78, 5) is 18.4. The Bertz CT molecular complexity index is 670. The Kier molecular flexibility index (Phi) is 4.54. The standard InChI is InChI=1S/C15H21N3O4S/c1-23(20,21)13-4-5-14(16-9-13)17-15(19)18-6-7-22-10-12(18)8-11-2-3-11/h4-5,9,11-12H,2-3,6-8,10H2,1H3,(H,16,17,19). The molecule has 0 bridgehead atoms. The lowest BCUT2D eigenvalue weighted by molar-refractivity contribution is 0.0108. The Morgan fingerprint density at radius 2 is 2.22 bits per heavy atom. The molecule has 0 spiro atoms. The average Bonchev–Trinajstić information content (AvgIpc) is 3.31. The summed E-state index contributed by atoms with van der Waals surface area (Å²) < 4.78 is 28.3. The van der Waals surface area contributed by atoms with Gasteiger partial charge in [-0.25, -0.2) is 18.2 Å². The van der Waals surface area contributed by atoms with E-state index < -0.39 is 9.84 Å². The molecule has 2 fully saturated rings. The number of nitrogens with zero attached hydrogens (tertiary/aromatic N) is 2. The first-order chi connectivity index (χ1) is 10.9. The number of aromatic nitrogens is 1. The molecule has 7 nitrogen and oxygen atoms in total. The molecular formula is C15H21N3O4S. The van der Waals surface area contributed by atoms with Crippen LogP contribution in [0.5, 0.6) is 0 Å². The Morgan fingerprint density at radius 1 is 1.43 bits per heavy atom. The lowest BCUT2D eigenvalue weighted by Gasteiger charge is -2.35. The predicted octanol–water partition coefficient (Wildman–Crippen LogP) is 1.52. The monoisotopic (exact) mass is 339 g/mol. The van der Waals surface area contributed by atoms with Crippen molar-refractivity contribution in [1.82, 2.24) is 9.88 Å². The normalized spacial score (nSPS) is 22.0. The van der Waals surface area contributed by atoms with E-state index in [0.717, 1.165) is 12.7 Å². The first-order valence-electron chi connectivity index (χ1n) is 7.75. The van der Waals surface area contributed by atoms with Crippen LogP contribution in [-0.2, 0) is 14.6 Å². The number of carbonyl (C=O) groups excluding carboxylic acids is 1. The van der Waals surface area contributed by atoms with Crippen molar-refractivity contribution in [2.45, 2.75) is 30.2 Å². The fourth-order valence-electron chi connectivity index (χ4n) is 2.71. The van der Waals surface area contributed by atoms with E-state index in [2.05, 4.69) is 10.3 Å². The van der Waals surface area contributed by atoms with E-state index >= 15 is 0 Å². The highest BCUT2D eigenvalue weighted by Crippen LogP contribution is 2.35. The zero-order valence-electron chi connectivity index (χ0n) is 13.1. The molecule has 23 heavy (non-hydrogen) atoms. The number of sulfone groups is 1. The van der Waals surface area contributed by atoms with Crippen molar-refractivity contribution < 1.29 is 17.9 Å². The second-order valence-electron chi connectivity index (χ2n) is 6.18. The third kappa shape index (κ3) is 4.20. The first-order valence-corrected chi connectivity index (χ1v) is 9.64. The summed E-state index contributed by atoms with van der Waals surface area (Å²) in [6.07, 6.45) is 5.83. The number of pyridine rings is 1. The summed E-state index contributed by atoms with van der Waals surface area (Å²) in [5.74, 6) is 1.06. The zero-order valence-corrected chi connectivity index (χ0v) is 13.9. The molecule has 1 atom stereocenters. The number of hydrogen-bond acceptors (Lipinski definition) is 5. The quantitative estimate of drug-likeness (QED) is 0.898. The van der Waals surface area contributed by atoms with Gasteiger partial charge in [0.25, 0.3) is 0 Å². The molecule has 3 rings (SSSR count). The molecule has 0 aromatic carbocycles. The third-order valence-corrected chi connectivity index (χ3v) is 5.29. The second-order valence-corrected chi connectivity index (χ2v) is 8.20.